The number of hydrogen-bond acceptors (Lipinski definition) is 4. The lowest BCUT2D eigenvalue weighted by Crippen LogP contribution is -2.44. The zero-order valence-corrected chi connectivity index (χ0v) is 13.4. The van der Waals surface area contributed by atoms with E-state index < -0.39 is 22.0 Å². The van der Waals surface area contributed by atoms with Gasteiger partial charge in [0.15, 0.2) is 0 Å². The van der Waals surface area contributed by atoms with E-state index in [9.17, 15) is 18.3 Å². The summed E-state index contributed by atoms with van der Waals surface area (Å²) in [5.41, 5.74) is 0.742. The van der Waals surface area contributed by atoms with Crippen molar-refractivity contribution in [2.24, 2.45) is 5.92 Å². The molecule has 1 aromatic rings. The van der Waals surface area contributed by atoms with Gasteiger partial charge in [0.25, 0.3) is 0 Å². The molecule has 0 bridgehead atoms. The molecule has 6 nitrogen and oxygen atoms in total. The number of aliphatic carboxylic acids is 1. The minimum absolute atomic E-state index is 0.0560. The first-order valence-corrected chi connectivity index (χ1v) is 8.11. The van der Waals surface area contributed by atoms with Gasteiger partial charge >= 0.3 is 5.97 Å². The van der Waals surface area contributed by atoms with Gasteiger partial charge in [-0.1, -0.05) is 26.3 Å². The summed E-state index contributed by atoms with van der Waals surface area (Å²) in [5, 5.41) is 9.21. The molecule has 0 radical (unpaired) electrons. The number of carbonyl (C=O) groups is 1. The summed E-state index contributed by atoms with van der Waals surface area (Å²) in [6.45, 7) is 5.25. The Labute approximate surface area is 125 Å². The summed E-state index contributed by atoms with van der Waals surface area (Å²) >= 11 is 0. The number of sulfonamides is 1. The first kappa shape index (κ1) is 17.5. The maximum Gasteiger partial charge on any atom is 0.322 e. The molecule has 118 valence electrons. The van der Waals surface area contributed by atoms with E-state index in [-0.39, 0.29) is 16.6 Å². The third-order valence-corrected chi connectivity index (χ3v) is 4.83. The summed E-state index contributed by atoms with van der Waals surface area (Å²) in [6, 6.07) is 3.55. The summed E-state index contributed by atoms with van der Waals surface area (Å²) < 4.78 is 32.2. The van der Waals surface area contributed by atoms with Crippen LogP contribution in [0, 0.1) is 12.8 Å². The van der Waals surface area contributed by atoms with Gasteiger partial charge < -0.3 is 9.84 Å². The molecule has 0 amide bonds. The average Bonchev–Trinajstić information content (AvgIpc) is 2.43. The molecule has 0 saturated heterocycles. The normalized spacial score (nSPS) is 14.5. The zero-order chi connectivity index (χ0) is 16.2. The average molecular weight is 315 g/mol. The van der Waals surface area contributed by atoms with Crippen LogP contribution in [0.25, 0.3) is 0 Å². The molecule has 2 atom stereocenters. The molecular formula is C14H21NO5S. The lowest BCUT2D eigenvalue weighted by Gasteiger charge is -2.21. The number of carboxylic acid groups (broad SMARTS) is 1. The third-order valence-electron chi connectivity index (χ3n) is 3.37. The van der Waals surface area contributed by atoms with E-state index in [1.54, 1.807) is 26.0 Å². The highest BCUT2D eigenvalue weighted by molar-refractivity contribution is 7.89. The van der Waals surface area contributed by atoms with Crippen molar-refractivity contribution in [3.63, 3.8) is 0 Å². The van der Waals surface area contributed by atoms with Crippen LogP contribution >= 0.6 is 0 Å². The Morgan fingerprint density at radius 2 is 2.05 bits per heavy atom. The fourth-order valence-electron chi connectivity index (χ4n) is 1.87. The zero-order valence-electron chi connectivity index (χ0n) is 12.6. The second-order valence-corrected chi connectivity index (χ2v) is 6.66. The number of hydrogen-bond donors (Lipinski definition) is 2. The first-order chi connectivity index (χ1) is 9.72. The van der Waals surface area contributed by atoms with Crippen LogP contribution < -0.4 is 9.46 Å². The summed E-state index contributed by atoms with van der Waals surface area (Å²) in [6.07, 6.45) is 0.546. The van der Waals surface area contributed by atoms with Crippen LogP contribution in [0.3, 0.4) is 0 Å². The van der Waals surface area contributed by atoms with Crippen LogP contribution in [-0.2, 0) is 14.8 Å². The predicted octanol–water partition coefficient (Wildman–Crippen LogP) is 1.78. The highest BCUT2D eigenvalue weighted by atomic mass is 32.2. The Hall–Kier alpha value is -1.60. The summed E-state index contributed by atoms with van der Waals surface area (Å²) in [4.78, 5) is 11.2. The Balaban J connectivity index is 3.22. The minimum atomic E-state index is -3.98. The van der Waals surface area contributed by atoms with E-state index in [1.807, 2.05) is 6.92 Å². The third kappa shape index (κ3) is 4.18. The lowest BCUT2D eigenvalue weighted by molar-refractivity contribution is -0.140. The van der Waals surface area contributed by atoms with Crippen LogP contribution in [0.15, 0.2) is 23.1 Å². The largest absolute Gasteiger partial charge is 0.495 e. The Bertz CT molecular complexity index is 612. The molecule has 2 unspecified atom stereocenters. The van der Waals surface area contributed by atoms with E-state index in [0.717, 1.165) is 5.56 Å². The molecule has 7 heteroatoms. The molecule has 0 fully saturated rings. The Morgan fingerprint density at radius 1 is 1.43 bits per heavy atom. The molecule has 0 aliphatic heterocycles. The number of nitrogens with one attached hydrogen (secondary N) is 1. The monoisotopic (exact) mass is 315 g/mol. The molecule has 2 N–H and O–H groups in total. The van der Waals surface area contributed by atoms with Gasteiger partial charge in [0.1, 0.15) is 16.7 Å². The number of benzene rings is 1. The van der Waals surface area contributed by atoms with E-state index in [2.05, 4.69) is 4.72 Å². The lowest BCUT2D eigenvalue weighted by atomic mass is 10.0. The topological polar surface area (TPSA) is 92.7 Å². The minimum Gasteiger partial charge on any atom is -0.495 e. The van der Waals surface area contributed by atoms with Crippen molar-refractivity contribution in [2.75, 3.05) is 7.11 Å². The highest BCUT2D eigenvalue weighted by Gasteiger charge is 2.30. The molecule has 1 aromatic carbocycles. The van der Waals surface area contributed by atoms with Crippen molar-refractivity contribution >= 4 is 16.0 Å². The van der Waals surface area contributed by atoms with Crippen molar-refractivity contribution in [1.82, 2.24) is 4.72 Å². The van der Waals surface area contributed by atoms with Crippen molar-refractivity contribution in [1.29, 1.82) is 0 Å². The van der Waals surface area contributed by atoms with Gasteiger partial charge in [-0.3, -0.25) is 4.79 Å². The van der Waals surface area contributed by atoms with Gasteiger partial charge in [0.2, 0.25) is 10.0 Å². The summed E-state index contributed by atoms with van der Waals surface area (Å²) in [5.74, 6) is -1.34. The standard InChI is InChI=1S/C14H21NO5S/c1-5-10(3)13(14(16)17)15-21(18,19)12-8-9(2)6-7-11(12)20-4/h6-8,10,13,15H,5H2,1-4H3,(H,16,17). The summed E-state index contributed by atoms with van der Waals surface area (Å²) in [7, 11) is -2.61. The molecule has 0 heterocycles. The van der Waals surface area contributed by atoms with Gasteiger partial charge in [0, 0.05) is 0 Å². The van der Waals surface area contributed by atoms with Gasteiger partial charge in [-0.2, -0.15) is 4.72 Å². The second kappa shape index (κ2) is 6.91. The number of rotatable bonds is 7. The van der Waals surface area contributed by atoms with E-state index in [0.29, 0.717) is 6.42 Å². The van der Waals surface area contributed by atoms with Gasteiger partial charge in [-0.25, -0.2) is 8.42 Å². The molecule has 0 saturated carbocycles. The van der Waals surface area contributed by atoms with Crippen LogP contribution in [0.4, 0.5) is 0 Å². The first-order valence-electron chi connectivity index (χ1n) is 6.62. The SMILES string of the molecule is CCC(C)C(NS(=O)(=O)c1cc(C)ccc1OC)C(=O)O. The van der Waals surface area contributed by atoms with E-state index >= 15 is 0 Å². The number of ether oxygens (including phenoxy) is 1. The molecule has 1 rings (SSSR count). The molecule has 0 spiro atoms. The van der Waals surface area contributed by atoms with Crippen molar-refractivity contribution in [2.45, 2.75) is 38.1 Å². The quantitative estimate of drug-likeness (QED) is 0.800. The predicted molar refractivity (Wildman–Crippen MR) is 78.9 cm³/mol. The van der Waals surface area contributed by atoms with Crippen LogP contribution in [0.5, 0.6) is 5.75 Å². The van der Waals surface area contributed by atoms with Crippen LogP contribution in [0.2, 0.25) is 0 Å². The highest BCUT2D eigenvalue weighted by Crippen LogP contribution is 2.25. The number of methoxy groups -OCH3 is 1. The molecule has 0 aromatic heterocycles. The van der Waals surface area contributed by atoms with Gasteiger partial charge in [-0.15, -0.1) is 0 Å². The number of aryl methyl sites for hydroxylation is 1. The second-order valence-electron chi connectivity index (χ2n) is 4.98. The fraction of sp³-hybridized carbons (Fsp3) is 0.500. The van der Waals surface area contributed by atoms with Crippen molar-refractivity contribution in [3.8, 4) is 5.75 Å². The van der Waals surface area contributed by atoms with E-state index in [1.165, 1.54) is 13.2 Å². The molecule has 0 aliphatic carbocycles. The molecule has 0 aliphatic rings. The van der Waals surface area contributed by atoms with Crippen molar-refractivity contribution in [3.05, 3.63) is 23.8 Å². The maximum absolute atomic E-state index is 12.4. The fourth-order valence-corrected chi connectivity index (χ4v) is 3.42. The number of carboxylic acids is 1. The van der Waals surface area contributed by atoms with Crippen molar-refractivity contribution < 1.29 is 23.1 Å². The molecular weight excluding hydrogens is 294 g/mol. The smallest absolute Gasteiger partial charge is 0.322 e. The van der Waals surface area contributed by atoms with Gasteiger partial charge in [0.05, 0.1) is 7.11 Å². The molecule has 21 heavy (non-hydrogen) atoms. The van der Waals surface area contributed by atoms with E-state index in [4.69, 9.17) is 4.74 Å². The van der Waals surface area contributed by atoms with Crippen LogP contribution in [0.1, 0.15) is 25.8 Å². The maximum atomic E-state index is 12.4. The Kier molecular flexibility index (Phi) is 5.74. The van der Waals surface area contributed by atoms with Crippen LogP contribution in [-0.4, -0.2) is 32.6 Å². The van der Waals surface area contributed by atoms with Gasteiger partial charge in [-0.05, 0) is 30.5 Å². The Morgan fingerprint density at radius 3 is 2.52 bits per heavy atom.